The van der Waals surface area contributed by atoms with E-state index in [1.54, 1.807) is 17.7 Å². The van der Waals surface area contributed by atoms with E-state index >= 15 is 0 Å². The second-order valence-electron chi connectivity index (χ2n) is 4.29. The van der Waals surface area contributed by atoms with Gasteiger partial charge in [-0.25, -0.2) is 9.97 Å². The molecule has 1 aliphatic rings. The minimum absolute atomic E-state index is 0.222. The fourth-order valence-corrected chi connectivity index (χ4v) is 3.89. The third-order valence-electron chi connectivity index (χ3n) is 3.05. The lowest BCUT2D eigenvalue weighted by atomic mass is 9.89. The molecule has 1 aliphatic carbocycles. The Morgan fingerprint density at radius 1 is 1.50 bits per heavy atom. The molecule has 0 aromatic carbocycles. The van der Waals surface area contributed by atoms with Crippen LogP contribution in [0.4, 0.5) is 0 Å². The standard InChI is InChI=1S/C11H11ClN2S.CHClO/c1-6-2-3-7-8(4-6)15-11-9(7)10(12)13-5-14-11;2-1-3/h5-6H,2-4H2,1H3;1H. The van der Waals surface area contributed by atoms with Crippen LogP contribution in [0, 0.1) is 5.92 Å². The second-order valence-corrected chi connectivity index (χ2v) is 5.91. The van der Waals surface area contributed by atoms with Crippen molar-refractivity contribution >= 4 is 50.5 Å². The Bertz CT molecular complexity index is 570. The Morgan fingerprint density at radius 3 is 2.94 bits per heavy atom. The molecule has 0 fully saturated rings. The number of aryl methyl sites for hydroxylation is 1. The molecule has 0 N–H and O–H groups in total. The Hall–Kier alpha value is -0.710. The Kier molecular flexibility index (Phi) is 4.54. The van der Waals surface area contributed by atoms with Gasteiger partial charge in [-0.3, -0.25) is 4.79 Å². The van der Waals surface area contributed by atoms with Gasteiger partial charge in [0.25, 0.3) is 0 Å². The first-order valence-corrected chi connectivity index (χ1v) is 7.25. The van der Waals surface area contributed by atoms with E-state index in [9.17, 15) is 0 Å². The average molecular weight is 303 g/mol. The van der Waals surface area contributed by atoms with Gasteiger partial charge >= 0.3 is 0 Å². The number of carbonyl (C=O) groups is 1. The molecule has 0 amide bonds. The summed E-state index contributed by atoms with van der Waals surface area (Å²) in [4.78, 5) is 19.4. The maximum atomic E-state index is 8.57. The monoisotopic (exact) mass is 302 g/mol. The topological polar surface area (TPSA) is 42.9 Å². The summed E-state index contributed by atoms with van der Waals surface area (Å²) in [5.41, 5.74) is 1.40. The van der Waals surface area contributed by atoms with E-state index in [-0.39, 0.29) is 5.75 Å². The van der Waals surface area contributed by atoms with Gasteiger partial charge in [0.15, 0.2) is 0 Å². The molecule has 96 valence electrons. The van der Waals surface area contributed by atoms with Gasteiger partial charge in [-0.1, -0.05) is 18.5 Å². The SMILES string of the molecule is CC1CCc2c(sc3ncnc(Cl)c23)C1.O=CCl. The van der Waals surface area contributed by atoms with Gasteiger partial charge in [0.05, 0.1) is 5.39 Å². The molecule has 2 heterocycles. The number of thiophene rings is 1. The summed E-state index contributed by atoms with van der Waals surface area (Å²) in [5, 5.41) is 1.72. The van der Waals surface area contributed by atoms with Crippen molar-refractivity contribution < 1.29 is 4.79 Å². The van der Waals surface area contributed by atoms with Crippen LogP contribution >= 0.6 is 34.5 Å². The molecule has 1 atom stereocenters. The molecule has 3 rings (SSSR count). The van der Waals surface area contributed by atoms with Crippen molar-refractivity contribution in [2.24, 2.45) is 5.92 Å². The number of hydrogen-bond donors (Lipinski definition) is 0. The van der Waals surface area contributed by atoms with Crippen molar-refractivity contribution in [3.05, 3.63) is 21.9 Å². The van der Waals surface area contributed by atoms with E-state index < -0.39 is 0 Å². The minimum atomic E-state index is 0.222. The van der Waals surface area contributed by atoms with E-state index in [4.69, 9.17) is 16.4 Å². The lowest BCUT2D eigenvalue weighted by Crippen LogP contribution is -2.08. The summed E-state index contributed by atoms with van der Waals surface area (Å²) in [6.45, 7) is 2.31. The normalized spacial score (nSPS) is 17.8. The van der Waals surface area contributed by atoms with Gasteiger partial charge in [-0.2, -0.15) is 0 Å². The summed E-state index contributed by atoms with van der Waals surface area (Å²) in [5.74, 6) is 1.01. The molecule has 0 aliphatic heterocycles. The Balaban J connectivity index is 0.000000367. The fourth-order valence-electron chi connectivity index (χ4n) is 2.24. The summed E-state index contributed by atoms with van der Waals surface area (Å²) in [6.07, 6.45) is 5.11. The molecule has 2 aromatic heterocycles. The van der Waals surface area contributed by atoms with Crippen LogP contribution in [0.5, 0.6) is 0 Å². The van der Waals surface area contributed by atoms with Crippen molar-refractivity contribution in [1.29, 1.82) is 0 Å². The molecular formula is C12H12Cl2N2OS. The van der Waals surface area contributed by atoms with Crippen LogP contribution in [0.15, 0.2) is 6.33 Å². The van der Waals surface area contributed by atoms with Crippen molar-refractivity contribution in [1.82, 2.24) is 9.97 Å². The summed E-state index contributed by atoms with van der Waals surface area (Å²) in [7, 11) is 0. The predicted octanol–water partition coefficient (Wildman–Crippen LogP) is 3.88. The summed E-state index contributed by atoms with van der Waals surface area (Å²) in [6, 6.07) is 0. The van der Waals surface area contributed by atoms with Crippen LogP contribution in [-0.4, -0.2) is 15.7 Å². The van der Waals surface area contributed by atoms with Crippen molar-refractivity contribution in [2.75, 3.05) is 0 Å². The maximum absolute atomic E-state index is 8.57. The highest BCUT2D eigenvalue weighted by atomic mass is 35.5. The molecule has 0 radical (unpaired) electrons. The van der Waals surface area contributed by atoms with E-state index in [0.29, 0.717) is 5.15 Å². The van der Waals surface area contributed by atoms with Crippen LogP contribution in [0.1, 0.15) is 23.8 Å². The van der Waals surface area contributed by atoms with Crippen molar-refractivity contribution in [2.45, 2.75) is 26.2 Å². The molecule has 0 saturated carbocycles. The average Bonchev–Trinajstić information content (AvgIpc) is 2.68. The highest BCUT2D eigenvalue weighted by Crippen LogP contribution is 2.39. The molecule has 2 aromatic rings. The zero-order valence-corrected chi connectivity index (χ0v) is 12.1. The highest BCUT2D eigenvalue weighted by Gasteiger charge is 2.22. The van der Waals surface area contributed by atoms with Crippen LogP contribution in [0.25, 0.3) is 10.2 Å². The van der Waals surface area contributed by atoms with Crippen LogP contribution in [-0.2, 0) is 17.6 Å². The predicted molar refractivity (Wildman–Crippen MR) is 76.2 cm³/mol. The molecule has 0 spiro atoms. The Labute approximate surface area is 119 Å². The number of fused-ring (bicyclic) bond motifs is 3. The van der Waals surface area contributed by atoms with Crippen molar-refractivity contribution in [3.63, 3.8) is 0 Å². The first-order chi connectivity index (χ1) is 8.67. The molecular weight excluding hydrogens is 291 g/mol. The second kappa shape index (κ2) is 5.95. The zero-order valence-electron chi connectivity index (χ0n) is 9.82. The number of aromatic nitrogens is 2. The molecule has 3 nitrogen and oxygen atoms in total. The molecule has 18 heavy (non-hydrogen) atoms. The van der Waals surface area contributed by atoms with E-state index in [0.717, 1.165) is 22.6 Å². The first-order valence-electron chi connectivity index (χ1n) is 5.62. The molecule has 0 bridgehead atoms. The van der Waals surface area contributed by atoms with Gasteiger partial charge in [0.1, 0.15) is 16.3 Å². The first kappa shape index (κ1) is 13.7. The number of nitrogens with zero attached hydrogens (tertiary/aromatic N) is 2. The van der Waals surface area contributed by atoms with Gasteiger partial charge < -0.3 is 0 Å². The Morgan fingerprint density at radius 2 is 2.22 bits per heavy atom. The quantitative estimate of drug-likeness (QED) is 0.421. The van der Waals surface area contributed by atoms with Gasteiger partial charge in [0.2, 0.25) is 5.75 Å². The van der Waals surface area contributed by atoms with Crippen LogP contribution in [0.3, 0.4) is 0 Å². The lowest BCUT2D eigenvalue weighted by molar-refractivity contribution is 0.509. The van der Waals surface area contributed by atoms with Crippen LogP contribution in [0.2, 0.25) is 5.15 Å². The third kappa shape index (κ3) is 2.66. The third-order valence-corrected chi connectivity index (χ3v) is 4.49. The molecule has 0 saturated heterocycles. The summed E-state index contributed by atoms with van der Waals surface area (Å²) < 4.78 is 0. The number of hydrogen-bond acceptors (Lipinski definition) is 4. The van der Waals surface area contributed by atoms with Crippen LogP contribution < -0.4 is 0 Å². The van der Waals surface area contributed by atoms with Gasteiger partial charge in [0, 0.05) is 4.88 Å². The number of rotatable bonds is 0. The number of halogens is 2. The summed E-state index contributed by atoms with van der Waals surface area (Å²) >= 11 is 12.2. The van der Waals surface area contributed by atoms with E-state index in [2.05, 4.69) is 28.5 Å². The van der Waals surface area contributed by atoms with Gasteiger partial charge in [-0.15, -0.1) is 11.3 Å². The fraction of sp³-hybridized carbons (Fsp3) is 0.417. The minimum Gasteiger partial charge on any atom is -0.285 e. The zero-order chi connectivity index (χ0) is 13.1. The smallest absolute Gasteiger partial charge is 0.208 e. The maximum Gasteiger partial charge on any atom is 0.208 e. The van der Waals surface area contributed by atoms with E-state index in [1.165, 1.54) is 23.3 Å². The highest BCUT2D eigenvalue weighted by molar-refractivity contribution is 7.19. The largest absolute Gasteiger partial charge is 0.285 e. The number of carbonyl (C=O) groups excluding carboxylic acids is 1. The molecule has 6 heteroatoms. The molecule has 1 unspecified atom stereocenters. The van der Waals surface area contributed by atoms with Crippen molar-refractivity contribution in [3.8, 4) is 0 Å². The van der Waals surface area contributed by atoms with Gasteiger partial charge in [-0.05, 0) is 42.3 Å². The van der Waals surface area contributed by atoms with E-state index in [1.807, 2.05) is 0 Å². The lowest BCUT2D eigenvalue weighted by Gasteiger charge is -2.17.